The summed E-state index contributed by atoms with van der Waals surface area (Å²) in [7, 11) is 0. The second-order valence-corrected chi connectivity index (χ2v) is 5.89. The number of pyridine rings is 1. The third-order valence-corrected chi connectivity index (χ3v) is 4.86. The molecule has 3 rings (SSSR count). The molecule has 2 N–H and O–H groups in total. The minimum Gasteiger partial charge on any atom is -0.399 e. The minimum absolute atomic E-state index is 0.0487. The molecular weight excluding hydrogens is 286 g/mol. The van der Waals surface area contributed by atoms with Crippen LogP contribution in [0.4, 0.5) is 0 Å². The van der Waals surface area contributed by atoms with Crippen LogP contribution in [0.3, 0.4) is 0 Å². The maximum atomic E-state index is 9.82. The summed E-state index contributed by atoms with van der Waals surface area (Å²) in [5, 5.41) is 29.2. The number of allylic oxidation sites excluding steroid dienone is 4. The van der Waals surface area contributed by atoms with Crippen molar-refractivity contribution in [3.8, 4) is 18.2 Å². The van der Waals surface area contributed by atoms with Crippen LogP contribution in [0.15, 0.2) is 47.4 Å². The van der Waals surface area contributed by atoms with E-state index in [1.807, 2.05) is 18.2 Å². The Balaban J connectivity index is 2.33. The van der Waals surface area contributed by atoms with Gasteiger partial charge in [-0.2, -0.15) is 15.8 Å². The van der Waals surface area contributed by atoms with Crippen LogP contribution in [0, 0.1) is 45.3 Å². The second-order valence-electron chi connectivity index (χ2n) is 5.89. The third kappa shape index (κ3) is 2.00. The van der Waals surface area contributed by atoms with Gasteiger partial charge in [0.05, 0.1) is 23.4 Å². The number of nitrogens with two attached hydrogens (primary N) is 1. The second kappa shape index (κ2) is 5.59. The Labute approximate surface area is 135 Å². The highest BCUT2D eigenvalue weighted by molar-refractivity contribution is 5.59. The molecule has 2 aliphatic carbocycles. The summed E-state index contributed by atoms with van der Waals surface area (Å²) >= 11 is 0. The van der Waals surface area contributed by atoms with Gasteiger partial charge in [-0.25, -0.2) is 0 Å². The lowest BCUT2D eigenvalue weighted by Crippen LogP contribution is -2.42. The number of nitriles is 3. The Morgan fingerprint density at radius 1 is 1.17 bits per heavy atom. The molecule has 0 saturated carbocycles. The molecule has 0 radical (unpaired) electrons. The molecule has 0 amide bonds. The number of hydrogen-bond donors (Lipinski definition) is 1. The molecule has 0 bridgehead atoms. The molecule has 23 heavy (non-hydrogen) atoms. The molecule has 1 heterocycles. The maximum absolute atomic E-state index is 9.82. The van der Waals surface area contributed by atoms with Crippen LogP contribution in [0.1, 0.15) is 30.7 Å². The molecule has 0 aliphatic heterocycles. The topological polar surface area (TPSA) is 110 Å². The number of hydrogen-bond acceptors (Lipinski definition) is 5. The summed E-state index contributed by atoms with van der Waals surface area (Å²) in [4.78, 5) is 4.02. The fourth-order valence-electron chi connectivity index (χ4n) is 3.82. The zero-order chi connectivity index (χ0) is 16.4. The van der Waals surface area contributed by atoms with Crippen molar-refractivity contribution in [2.75, 3.05) is 0 Å². The molecule has 0 saturated heterocycles. The van der Waals surface area contributed by atoms with Crippen LogP contribution in [-0.4, -0.2) is 4.98 Å². The average molecular weight is 301 g/mol. The molecule has 0 aromatic carbocycles. The van der Waals surface area contributed by atoms with E-state index in [1.54, 1.807) is 12.4 Å². The first-order chi connectivity index (χ1) is 11.2. The summed E-state index contributed by atoms with van der Waals surface area (Å²) in [6.45, 7) is 0. The van der Waals surface area contributed by atoms with E-state index in [1.165, 1.54) is 0 Å². The lowest BCUT2D eigenvalue weighted by atomic mass is 9.57. The molecule has 2 aliphatic rings. The summed E-state index contributed by atoms with van der Waals surface area (Å²) in [6, 6.07) is 10.0. The molecule has 112 valence electrons. The van der Waals surface area contributed by atoms with Crippen molar-refractivity contribution in [3.63, 3.8) is 0 Å². The van der Waals surface area contributed by atoms with E-state index in [0.29, 0.717) is 5.57 Å². The van der Waals surface area contributed by atoms with E-state index in [2.05, 4.69) is 23.2 Å². The van der Waals surface area contributed by atoms with Crippen molar-refractivity contribution >= 4 is 0 Å². The van der Waals surface area contributed by atoms with Gasteiger partial charge in [0.1, 0.15) is 6.07 Å². The molecule has 2 atom stereocenters. The fraction of sp³-hybridized carbons (Fsp3) is 0.333. The van der Waals surface area contributed by atoms with Gasteiger partial charge in [0, 0.05) is 18.3 Å². The third-order valence-electron chi connectivity index (χ3n) is 4.86. The molecule has 5 nitrogen and oxygen atoms in total. The van der Waals surface area contributed by atoms with Crippen molar-refractivity contribution in [2.24, 2.45) is 17.1 Å². The van der Waals surface area contributed by atoms with Crippen LogP contribution in [0.2, 0.25) is 0 Å². The lowest BCUT2D eigenvalue weighted by molar-refractivity contribution is 0.317. The normalized spacial score (nSPS) is 25.3. The van der Waals surface area contributed by atoms with Gasteiger partial charge < -0.3 is 5.73 Å². The van der Waals surface area contributed by atoms with E-state index in [0.717, 1.165) is 30.4 Å². The summed E-state index contributed by atoms with van der Waals surface area (Å²) in [5.74, 6) is -0.434. The first kappa shape index (κ1) is 14.8. The summed E-state index contributed by atoms with van der Waals surface area (Å²) in [5.41, 5.74) is 6.80. The molecule has 0 unspecified atom stereocenters. The highest BCUT2D eigenvalue weighted by atomic mass is 14.7. The molecule has 0 spiro atoms. The molecule has 0 fully saturated rings. The first-order valence-electron chi connectivity index (χ1n) is 7.52. The standard InChI is InChI=1S/C18H15N5/c19-9-15-13-3-1-2-4-14(13)16(12-5-7-23-8-6-12)18(10-20,11-21)17(15)22/h3,5-8,14,16H,1-2,4,22H2/t14-,16+/m1/s1. The van der Waals surface area contributed by atoms with Gasteiger partial charge in [0.25, 0.3) is 0 Å². The first-order valence-corrected chi connectivity index (χ1v) is 7.52. The zero-order valence-corrected chi connectivity index (χ0v) is 12.5. The van der Waals surface area contributed by atoms with Crippen LogP contribution in [0.5, 0.6) is 0 Å². The fourth-order valence-corrected chi connectivity index (χ4v) is 3.82. The predicted octanol–water partition coefficient (Wildman–Crippen LogP) is 2.68. The van der Waals surface area contributed by atoms with Crippen LogP contribution >= 0.6 is 0 Å². The highest BCUT2D eigenvalue weighted by Gasteiger charge is 2.53. The summed E-state index contributed by atoms with van der Waals surface area (Å²) in [6.07, 6.45) is 8.04. The molecule has 1 aromatic heterocycles. The van der Waals surface area contributed by atoms with Gasteiger partial charge in [-0.3, -0.25) is 4.98 Å². The average Bonchev–Trinajstić information content (AvgIpc) is 2.61. The maximum Gasteiger partial charge on any atom is 0.191 e. The Kier molecular flexibility index (Phi) is 3.61. The number of fused-ring (bicyclic) bond motifs is 1. The van der Waals surface area contributed by atoms with Crippen LogP contribution in [0.25, 0.3) is 0 Å². The predicted molar refractivity (Wildman–Crippen MR) is 82.9 cm³/mol. The van der Waals surface area contributed by atoms with Crippen molar-refractivity contribution in [2.45, 2.75) is 25.2 Å². The van der Waals surface area contributed by atoms with E-state index in [-0.39, 0.29) is 17.5 Å². The van der Waals surface area contributed by atoms with Crippen molar-refractivity contribution in [1.82, 2.24) is 4.98 Å². The van der Waals surface area contributed by atoms with Gasteiger partial charge in [-0.05, 0) is 48.4 Å². The molecule has 5 heteroatoms. The highest BCUT2D eigenvalue weighted by Crippen LogP contribution is 2.55. The smallest absolute Gasteiger partial charge is 0.191 e. The Morgan fingerprint density at radius 3 is 2.48 bits per heavy atom. The SMILES string of the molecule is N#CC1=C(N)C(C#N)(C#N)[C@@H](c2ccncc2)[C@@H]2CCCC=C12. The zero-order valence-electron chi connectivity index (χ0n) is 12.5. The number of nitrogens with zero attached hydrogens (tertiary/aromatic N) is 4. The number of rotatable bonds is 1. The monoisotopic (exact) mass is 301 g/mol. The van der Waals surface area contributed by atoms with E-state index in [9.17, 15) is 15.8 Å². The van der Waals surface area contributed by atoms with Gasteiger partial charge in [-0.15, -0.1) is 0 Å². The van der Waals surface area contributed by atoms with Gasteiger partial charge >= 0.3 is 0 Å². The Morgan fingerprint density at radius 2 is 1.87 bits per heavy atom. The minimum atomic E-state index is -1.52. The van der Waals surface area contributed by atoms with Crippen molar-refractivity contribution in [1.29, 1.82) is 15.8 Å². The van der Waals surface area contributed by atoms with E-state index >= 15 is 0 Å². The molecule has 1 aromatic rings. The quantitative estimate of drug-likeness (QED) is 0.857. The molecular formula is C18H15N5. The lowest BCUT2D eigenvalue weighted by Gasteiger charge is -2.43. The largest absolute Gasteiger partial charge is 0.399 e. The van der Waals surface area contributed by atoms with Crippen LogP contribution in [-0.2, 0) is 0 Å². The van der Waals surface area contributed by atoms with E-state index < -0.39 is 5.41 Å². The van der Waals surface area contributed by atoms with E-state index in [4.69, 9.17) is 5.73 Å². The van der Waals surface area contributed by atoms with Gasteiger partial charge in [0.15, 0.2) is 5.41 Å². The Hall–Kier alpha value is -3.10. The number of aromatic nitrogens is 1. The van der Waals surface area contributed by atoms with Crippen LogP contribution < -0.4 is 5.73 Å². The van der Waals surface area contributed by atoms with Crippen molar-refractivity contribution < 1.29 is 0 Å². The Bertz CT molecular complexity index is 800. The summed E-state index contributed by atoms with van der Waals surface area (Å²) < 4.78 is 0. The van der Waals surface area contributed by atoms with Gasteiger partial charge in [-0.1, -0.05) is 6.08 Å². The van der Waals surface area contributed by atoms with Crippen molar-refractivity contribution in [3.05, 3.63) is 53.0 Å². The van der Waals surface area contributed by atoms with Gasteiger partial charge in [0.2, 0.25) is 0 Å².